The molecule has 1 aliphatic rings. The van der Waals surface area contributed by atoms with Crippen molar-refractivity contribution in [3.05, 3.63) is 85.0 Å². The smallest absolute Gasteiger partial charge is 0.271 e. The minimum Gasteiger partial charge on any atom is -0.366 e. The second-order valence-corrected chi connectivity index (χ2v) is 9.36. The van der Waals surface area contributed by atoms with Gasteiger partial charge in [0, 0.05) is 31.6 Å². The number of nitriles is 1. The molecule has 0 radical (unpaired) electrons. The van der Waals surface area contributed by atoms with Crippen LogP contribution < -0.4 is 16.6 Å². The van der Waals surface area contributed by atoms with Crippen molar-refractivity contribution in [2.45, 2.75) is 6.54 Å². The Balaban J connectivity index is 0.00000259. The van der Waals surface area contributed by atoms with E-state index < -0.39 is 0 Å². The van der Waals surface area contributed by atoms with Crippen LogP contribution >= 0.6 is 22.7 Å². The molecule has 4 heterocycles. The summed E-state index contributed by atoms with van der Waals surface area (Å²) in [7, 11) is 0. The number of aromatic nitrogens is 1. The lowest BCUT2D eigenvalue weighted by Crippen LogP contribution is -2.49. The Morgan fingerprint density at radius 3 is 2.48 bits per heavy atom. The molecule has 1 amide bonds. The summed E-state index contributed by atoms with van der Waals surface area (Å²) in [5.41, 5.74) is 2.42. The molecular weight excluding hydrogens is 454 g/mol. The number of pyridine rings is 1. The van der Waals surface area contributed by atoms with Crippen molar-refractivity contribution in [2.75, 3.05) is 31.1 Å². The minimum absolute atomic E-state index is 0. The summed E-state index contributed by atoms with van der Waals surface area (Å²) in [6.45, 7) is 2.68. The van der Waals surface area contributed by atoms with Gasteiger partial charge in [-0.05, 0) is 39.9 Å². The summed E-state index contributed by atoms with van der Waals surface area (Å²) in [5, 5.41) is 16.7. The zero-order valence-corrected chi connectivity index (χ0v) is 19.6. The zero-order valence-electron chi connectivity index (χ0n) is 17.9. The lowest BCUT2D eigenvalue weighted by molar-refractivity contribution is 0.0751. The molecule has 3 N–H and O–H groups in total. The Morgan fingerprint density at radius 1 is 1.03 bits per heavy atom. The standard InChI is InChI=1S/C24H20N4O2S2.H3N/c25-14-19-22(26-8-10-27(11-9-26)24(30)21-6-3-12-32-21)18-4-1-2-5-20(18)28(23(19)29)15-17-7-13-31-16-17;/h1-7,12-13,16H,8-11,15H2;1H3. The third-order valence-electron chi connectivity index (χ3n) is 5.79. The van der Waals surface area contributed by atoms with Crippen molar-refractivity contribution in [2.24, 2.45) is 0 Å². The molecule has 4 aromatic rings. The Labute approximate surface area is 199 Å². The Hall–Kier alpha value is -3.45. The lowest BCUT2D eigenvalue weighted by atomic mass is 10.1. The summed E-state index contributed by atoms with van der Waals surface area (Å²) in [6, 6.07) is 15.6. The van der Waals surface area contributed by atoms with Gasteiger partial charge in [-0.1, -0.05) is 24.3 Å². The van der Waals surface area contributed by atoms with E-state index in [-0.39, 0.29) is 23.2 Å². The number of carbonyl (C=O) groups is 1. The maximum atomic E-state index is 13.4. The molecule has 1 fully saturated rings. The molecule has 5 rings (SSSR count). The number of amides is 1. The molecule has 1 aromatic carbocycles. The Morgan fingerprint density at radius 2 is 1.82 bits per heavy atom. The maximum Gasteiger partial charge on any atom is 0.271 e. The topological polar surface area (TPSA) is 104 Å². The number of hydrogen-bond donors (Lipinski definition) is 1. The van der Waals surface area contributed by atoms with Gasteiger partial charge in [-0.3, -0.25) is 9.59 Å². The molecule has 0 bridgehead atoms. The molecule has 168 valence electrons. The van der Waals surface area contributed by atoms with Crippen molar-refractivity contribution in [3.8, 4) is 6.07 Å². The number of nitrogens with zero attached hydrogens (tertiary/aromatic N) is 4. The second kappa shape index (κ2) is 9.58. The van der Waals surface area contributed by atoms with E-state index in [0.29, 0.717) is 38.4 Å². The quantitative estimate of drug-likeness (QED) is 0.475. The SMILES string of the molecule is N.N#Cc1c(N2CCN(C(=O)c3cccs3)CC2)c2ccccc2n(Cc2ccsc2)c1=O. The second-order valence-electron chi connectivity index (χ2n) is 7.63. The zero-order chi connectivity index (χ0) is 22.1. The predicted octanol–water partition coefficient (Wildman–Crippen LogP) is 4.17. The molecule has 9 heteroatoms. The van der Waals surface area contributed by atoms with Crippen LogP contribution in [0.1, 0.15) is 20.8 Å². The number of piperazine rings is 1. The molecule has 7 nitrogen and oxygen atoms in total. The number of fused-ring (bicyclic) bond motifs is 1. The highest BCUT2D eigenvalue weighted by Gasteiger charge is 2.27. The number of thiophene rings is 2. The first-order valence-corrected chi connectivity index (χ1v) is 12.1. The number of hydrogen-bond acceptors (Lipinski definition) is 7. The molecule has 0 atom stereocenters. The van der Waals surface area contributed by atoms with E-state index in [9.17, 15) is 14.9 Å². The number of carbonyl (C=O) groups excluding carboxylic acids is 1. The number of anilines is 1. The van der Waals surface area contributed by atoms with E-state index in [0.717, 1.165) is 21.3 Å². The molecule has 33 heavy (non-hydrogen) atoms. The Bertz CT molecular complexity index is 1360. The molecule has 1 saturated heterocycles. The van der Waals surface area contributed by atoms with Gasteiger partial charge in [0.1, 0.15) is 11.6 Å². The van der Waals surface area contributed by atoms with Gasteiger partial charge in [0.2, 0.25) is 0 Å². The van der Waals surface area contributed by atoms with Crippen LogP contribution in [-0.2, 0) is 6.54 Å². The number of benzene rings is 1. The van der Waals surface area contributed by atoms with E-state index in [2.05, 4.69) is 11.0 Å². The molecule has 1 aliphatic heterocycles. The fourth-order valence-corrected chi connectivity index (χ4v) is 5.58. The first-order chi connectivity index (χ1) is 15.7. The molecule has 0 saturated carbocycles. The summed E-state index contributed by atoms with van der Waals surface area (Å²) in [5.74, 6) is 0.0381. The maximum absolute atomic E-state index is 13.4. The van der Waals surface area contributed by atoms with Gasteiger partial charge in [0.15, 0.2) is 0 Å². The van der Waals surface area contributed by atoms with Crippen LogP contribution in [0.25, 0.3) is 10.9 Å². The van der Waals surface area contributed by atoms with Crippen LogP contribution in [0, 0.1) is 11.3 Å². The molecule has 0 unspecified atom stereocenters. The van der Waals surface area contributed by atoms with E-state index in [1.807, 2.05) is 63.5 Å². The third kappa shape index (κ3) is 4.16. The highest BCUT2D eigenvalue weighted by atomic mass is 32.1. The van der Waals surface area contributed by atoms with Crippen molar-refractivity contribution in [1.82, 2.24) is 15.6 Å². The fraction of sp³-hybridized carbons (Fsp3) is 0.208. The monoisotopic (exact) mass is 477 g/mol. The van der Waals surface area contributed by atoms with Crippen molar-refractivity contribution in [1.29, 1.82) is 5.26 Å². The fourth-order valence-electron chi connectivity index (χ4n) is 4.23. The molecule has 3 aromatic heterocycles. The number of rotatable bonds is 4. The lowest BCUT2D eigenvalue weighted by Gasteiger charge is -2.37. The summed E-state index contributed by atoms with van der Waals surface area (Å²) in [4.78, 5) is 30.7. The summed E-state index contributed by atoms with van der Waals surface area (Å²) >= 11 is 3.03. The van der Waals surface area contributed by atoms with Crippen molar-refractivity contribution < 1.29 is 4.79 Å². The van der Waals surface area contributed by atoms with Gasteiger partial charge in [-0.25, -0.2) is 0 Å². The van der Waals surface area contributed by atoms with Gasteiger partial charge in [0.25, 0.3) is 11.5 Å². The van der Waals surface area contributed by atoms with E-state index in [1.165, 1.54) is 11.3 Å². The summed E-state index contributed by atoms with van der Waals surface area (Å²) < 4.78 is 1.69. The van der Waals surface area contributed by atoms with Crippen LogP contribution in [0.15, 0.2) is 63.4 Å². The average molecular weight is 478 g/mol. The predicted molar refractivity (Wildman–Crippen MR) is 134 cm³/mol. The van der Waals surface area contributed by atoms with Gasteiger partial charge in [-0.2, -0.15) is 16.6 Å². The molecule has 0 spiro atoms. The van der Waals surface area contributed by atoms with Gasteiger partial charge < -0.3 is 20.5 Å². The van der Waals surface area contributed by atoms with Crippen LogP contribution in [0.3, 0.4) is 0 Å². The number of para-hydroxylation sites is 1. The van der Waals surface area contributed by atoms with E-state index >= 15 is 0 Å². The average Bonchev–Trinajstić information content (AvgIpc) is 3.55. The van der Waals surface area contributed by atoms with Gasteiger partial charge in [0.05, 0.1) is 22.6 Å². The van der Waals surface area contributed by atoms with E-state index in [4.69, 9.17) is 0 Å². The first-order valence-electron chi connectivity index (χ1n) is 10.3. The van der Waals surface area contributed by atoms with Crippen LogP contribution in [0.5, 0.6) is 0 Å². The third-order valence-corrected chi connectivity index (χ3v) is 7.38. The van der Waals surface area contributed by atoms with Crippen molar-refractivity contribution in [3.63, 3.8) is 0 Å². The summed E-state index contributed by atoms with van der Waals surface area (Å²) in [6.07, 6.45) is 0. The largest absolute Gasteiger partial charge is 0.366 e. The Kier molecular flexibility index (Phi) is 6.60. The molecular formula is C24H23N5O2S2. The van der Waals surface area contributed by atoms with Crippen LogP contribution in [-0.4, -0.2) is 41.6 Å². The van der Waals surface area contributed by atoms with Crippen LogP contribution in [0.2, 0.25) is 0 Å². The molecule has 0 aliphatic carbocycles. The highest BCUT2D eigenvalue weighted by Crippen LogP contribution is 2.30. The highest BCUT2D eigenvalue weighted by molar-refractivity contribution is 7.12. The van der Waals surface area contributed by atoms with Crippen molar-refractivity contribution >= 4 is 45.2 Å². The van der Waals surface area contributed by atoms with Gasteiger partial charge in [-0.15, -0.1) is 11.3 Å². The normalized spacial score (nSPS) is 13.5. The van der Waals surface area contributed by atoms with E-state index in [1.54, 1.807) is 15.9 Å². The van der Waals surface area contributed by atoms with Gasteiger partial charge >= 0.3 is 0 Å². The van der Waals surface area contributed by atoms with Crippen LogP contribution in [0.4, 0.5) is 5.69 Å². The minimum atomic E-state index is -0.274. The first kappa shape index (κ1) is 22.7.